The molecule has 0 aliphatic carbocycles. The van der Waals surface area contributed by atoms with Crippen molar-refractivity contribution in [2.75, 3.05) is 0 Å². The second-order valence-corrected chi connectivity index (χ2v) is 6.72. The summed E-state index contributed by atoms with van der Waals surface area (Å²) in [4.78, 5) is 8.82. The molecule has 2 heterocycles. The molecule has 0 amide bonds. The van der Waals surface area contributed by atoms with Gasteiger partial charge in [-0.05, 0) is 22.9 Å². The van der Waals surface area contributed by atoms with E-state index in [1.54, 1.807) is 0 Å². The standard InChI is InChI=1S/2C13H9N.4ClH.Zr/c2*1-2-6-12-10(4-1)7-8-11-5-3-9-14-13(11)12;;;;;/h2*1-9H;4*1H;/q;;;;;;+4/p-4. The summed E-state index contributed by atoms with van der Waals surface area (Å²) in [5.41, 5.74) is 2.18. The minimum absolute atomic E-state index is 0. The zero-order valence-corrected chi connectivity index (χ0v) is 22.8. The first kappa shape index (κ1) is 31.3. The second-order valence-electron chi connectivity index (χ2n) is 6.72. The van der Waals surface area contributed by atoms with Gasteiger partial charge in [-0.15, -0.1) is 0 Å². The Balaban J connectivity index is 0.000000539. The van der Waals surface area contributed by atoms with Crippen molar-refractivity contribution < 1.29 is 75.8 Å². The van der Waals surface area contributed by atoms with Crippen LogP contribution in [0.15, 0.2) is 109 Å². The zero-order valence-electron chi connectivity index (χ0n) is 17.3. The van der Waals surface area contributed by atoms with E-state index in [1.807, 2.05) is 24.5 Å². The van der Waals surface area contributed by atoms with Gasteiger partial charge < -0.3 is 49.6 Å². The molecule has 0 fully saturated rings. The minimum atomic E-state index is 0. The SMILES string of the molecule is [Cl-].[Cl-].[Cl-].[Cl-].[Zr+4].c1ccc2c(c1)ccc1cccnc12.c1ccc2c(c1)ccc1cccnc12. The van der Waals surface area contributed by atoms with Crippen LogP contribution in [0.1, 0.15) is 0 Å². The Kier molecular flexibility index (Phi) is 13.7. The number of fused-ring (bicyclic) bond motifs is 6. The van der Waals surface area contributed by atoms with E-state index in [0.717, 1.165) is 11.0 Å². The Bertz CT molecular complexity index is 1220. The molecule has 0 N–H and O–H groups in total. The largest absolute Gasteiger partial charge is 4.00 e. The third-order valence-electron chi connectivity index (χ3n) is 4.99. The third kappa shape index (κ3) is 6.66. The van der Waals surface area contributed by atoms with Gasteiger partial charge in [0.25, 0.3) is 0 Å². The van der Waals surface area contributed by atoms with Gasteiger partial charge in [0.2, 0.25) is 0 Å². The number of nitrogens with zero attached hydrogens (tertiary/aromatic N) is 2. The molecule has 6 aromatic rings. The molecule has 33 heavy (non-hydrogen) atoms. The van der Waals surface area contributed by atoms with E-state index in [0.29, 0.717) is 0 Å². The van der Waals surface area contributed by atoms with E-state index in [9.17, 15) is 0 Å². The van der Waals surface area contributed by atoms with Gasteiger partial charge >= 0.3 is 26.2 Å². The molecule has 0 atom stereocenters. The molecular weight excluding hydrogens is 573 g/mol. The average Bonchev–Trinajstić information content (AvgIpc) is 2.79. The van der Waals surface area contributed by atoms with E-state index >= 15 is 0 Å². The summed E-state index contributed by atoms with van der Waals surface area (Å²) in [7, 11) is 0. The Hall–Kier alpha value is -1.74. The molecule has 0 aliphatic heterocycles. The molecule has 0 saturated heterocycles. The first-order valence-corrected chi connectivity index (χ1v) is 9.35. The number of hydrogen-bond donors (Lipinski definition) is 0. The summed E-state index contributed by atoms with van der Waals surface area (Å²) >= 11 is 0. The van der Waals surface area contributed by atoms with Crippen molar-refractivity contribution in [1.29, 1.82) is 0 Å². The van der Waals surface area contributed by atoms with Crippen molar-refractivity contribution in [2.24, 2.45) is 0 Å². The smallest absolute Gasteiger partial charge is 1.00 e. The van der Waals surface area contributed by atoms with Crippen LogP contribution in [0, 0.1) is 0 Å². The molecule has 6 rings (SSSR count). The Morgan fingerprint density at radius 2 is 0.697 bits per heavy atom. The number of rotatable bonds is 0. The molecule has 2 nitrogen and oxygen atoms in total. The fourth-order valence-electron chi connectivity index (χ4n) is 3.63. The van der Waals surface area contributed by atoms with Crippen molar-refractivity contribution in [2.45, 2.75) is 0 Å². The molecule has 0 bridgehead atoms. The van der Waals surface area contributed by atoms with Crippen LogP contribution in [0.3, 0.4) is 0 Å². The van der Waals surface area contributed by atoms with E-state index < -0.39 is 0 Å². The Morgan fingerprint density at radius 3 is 1.12 bits per heavy atom. The van der Waals surface area contributed by atoms with Crippen LogP contribution in [0.2, 0.25) is 0 Å². The summed E-state index contributed by atoms with van der Waals surface area (Å²) in [6.07, 6.45) is 3.68. The number of hydrogen-bond acceptors (Lipinski definition) is 2. The van der Waals surface area contributed by atoms with Gasteiger partial charge in [-0.2, -0.15) is 0 Å². The fourth-order valence-corrected chi connectivity index (χ4v) is 3.63. The maximum Gasteiger partial charge on any atom is 4.00 e. The van der Waals surface area contributed by atoms with Crippen molar-refractivity contribution in [3.63, 3.8) is 0 Å². The summed E-state index contributed by atoms with van der Waals surface area (Å²) in [5.74, 6) is 0. The molecule has 0 aliphatic rings. The summed E-state index contributed by atoms with van der Waals surface area (Å²) in [6, 6.07) is 33.3. The van der Waals surface area contributed by atoms with Crippen LogP contribution in [0.4, 0.5) is 0 Å². The predicted octanol–water partition coefficient (Wildman–Crippen LogP) is -5.21. The van der Waals surface area contributed by atoms with E-state index in [-0.39, 0.29) is 75.8 Å². The monoisotopic (exact) mass is 588 g/mol. The topological polar surface area (TPSA) is 25.8 Å². The van der Waals surface area contributed by atoms with Crippen molar-refractivity contribution in [3.8, 4) is 0 Å². The second kappa shape index (κ2) is 14.5. The first-order chi connectivity index (χ1) is 13.9. The van der Waals surface area contributed by atoms with Gasteiger partial charge in [0.1, 0.15) is 0 Å². The molecule has 0 spiro atoms. The molecule has 0 saturated carbocycles. The summed E-state index contributed by atoms with van der Waals surface area (Å²) in [5, 5.41) is 7.35. The van der Waals surface area contributed by atoms with Gasteiger partial charge in [-0.1, -0.05) is 84.9 Å². The molecule has 0 unspecified atom stereocenters. The van der Waals surface area contributed by atoms with Gasteiger partial charge in [0, 0.05) is 33.9 Å². The number of aromatic nitrogens is 2. The average molecular weight is 591 g/mol. The van der Waals surface area contributed by atoms with E-state index in [4.69, 9.17) is 0 Å². The maximum atomic E-state index is 4.41. The molecular formula is C26H18Cl4N2Zr. The third-order valence-corrected chi connectivity index (χ3v) is 4.99. The number of halogens is 4. The summed E-state index contributed by atoms with van der Waals surface area (Å²) < 4.78 is 0. The Morgan fingerprint density at radius 1 is 0.364 bits per heavy atom. The van der Waals surface area contributed by atoms with Gasteiger partial charge in [0.05, 0.1) is 11.0 Å². The van der Waals surface area contributed by atoms with Crippen molar-refractivity contribution in [1.82, 2.24) is 9.97 Å². The van der Waals surface area contributed by atoms with Crippen LogP contribution in [0.25, 0.3) is 43.4 Å². The van der Waals surface area contributed by atoms with E-state index in [2.05, 4.69) is 94.9 Å². The summed E-state index contributed by atoms with van der Waals surface area (Å²) in [6.45, 7) is 0. The molecule has 4 aromatic carbocycles. The van der Waals surface area contributed by atoms with Crippen LogP contribution in [0.5, 0.6) is 0 Å². The van der Waals surface area contributed by atoms with Gasteiger partial charge in [-0.3, -0.25) is 9.97 Å². The fraction of sp³-hybridized carbons (Fsp3) is 0. The molecule has 164 valence electrons. The Labute approximate surface area is 237 Å². The minimum Gasteiger partial charge on any atom is -1.00 e. The predicted molar refractivity (Wildman–Crippen MR) is 118 cm³/mol. The molecule has 0 radical (unpaired) electrons. The zero-order chi connectivity index (χ0) is 18.8. The van der Waals surface area contributed by atoms with Crippen LogP contribution < -0.4 is 49.6 Å². The number of benzene rings is 4. The van der Waals surface area contributed by atoms with Gasteiger partial charge in [-0.25, -0.2) is 0 Å². The maximum absolute atomic E-state index is 4.41. The first-order valence-electron chi connectivity index (χ1n) is 9.35. The van der Waals surface area contributed by atoms with Crippen LogP contribution >= 0.6 is 0 Å². The molecule has 7 heteroatoms. The normalized spacial score (nSPS) is 9.21. The van der Waals surface area contributed by atoms with Crippen LogP contribution in [-0.2, 0) is 26.2 Å². The van der Waals surface area contributed by atoms with Crippen molar-refractivity contribution in [3.05, 3.63) is 109 Å². The van der Waals surface area contributed by atoms with Crippen LogP contribution in [-0.4, -0.2) is 9.97 Å². The van der Waals surface area contributed by atoms with Gasteiger partial charge in [0.15, 0.2) is 0 Å². The van der Waals surface area contributed by atoms with Crippen molar-refractivity contribution >= 4 is 43.4 Å². The number of pyridine rings is 2. The molecule has 2 aromatic heterocycles. The van der Waals surface area contributed by atoms with E-state index in [1.165, 1.54) is 32.3 Å². The quantitative estimate of drug-likeness (QED) is 0.165.